The molecular formula is C31H30F3N7O2S2. The van der Waals surface area contributed by atoms with E-state index in [4.69, 9.17) is 12.2 Å². The predicted octanol–water partition coefficient (Wildman–Crippen LogP) is 6.67. The van der Waals surface area contributed by atoms with Gasteiger partial charge >= 0.3 is 6.36 Å². The zero-order valence-corrected chi connectivity index (χ0v) is 26.3. The van der Waals surface area contributed by atoms with Gasteiger partial charge < -0.3 is 4.74 Å². The van der Waals surface area contributed by atoms with E-state index in [1.165, 1.54) is 47.0 Å². The van der Waals surface area contributed by atoms with E-state index >= 15 is 0 Å². The van der Waals surface area contributed by atoms with Crippen LogP contribution >= 0.6 is 24.0 Å². The lowest BCUT2D eigenvalue weighted by atomic mass is 10.0. The monoisotopic (exact) mass is 653 g/mol. The number of para-hydroxylation sites is 1. The Hall–Kier alpha value is -4.27. The minimum atomic E-state index is -4.75. The number of thiocarbonyl (C=S) groups is 1. The Morgan fingerprint density at radius 3 is 2.51 bits per heavy atom. The van der Waals surface area contributed by atoms with Gasteiger partial charge in [0.1, 0.15) is 12.1 Å². The summed E-state index contributed by atoms with van der Waals surface area (Å²) in [4.78, 5) is 23.4. The SMILES string of the molecule is CCc1cccc(C)c1N1C(=O)CSC1=NC(=S)NNC(CC)c1ccc(-c2ncn(-c3ccc(OC(F)(F)F)cc3)n2)cc1. The maximum Gasteiger partial charge on any atom is 0.573 e. The number of carbonyl (C=O) groups excluding carboxylic acids is 1. The molecule has 1 amide bonds. The number of nitrogens with zero attached hydrogens (tertiary/aromatic N) is 5. The summed E-state index contributed by atoms with van der Waals surface area (Å²) in [6, 6.07) is 19.0. The number of carbonyl (C=O) groups is 1. The maximum atomic E-state index is 12.8. The van der Waals surface area contributed by atoms with Crippen molar-refractivity contribution in [1.82, 2.24) is 25.6 Å². The van der Waals surface area contributed by atoms with Gasteiger partial charge in [-0.3, -0.25) is 15.1 Å². The van der Waals surface area contributed by atoms with Gasteiger partial charge in [0, 0.05) is 5.56 Å². The molecule has 4 aromatic rings. The zero-order chi connectivity index (χ0) is 32.1. The Bertz CT molecular complexity index is 1710. The molecule has 1 saturated heterocycles. The quantitative estimate of drug-likeness (QED) is 0.153. The molecule has 1 unspecified atom stereocenters. The van der Waals surface area contributed by atoms with Gasteiger partial charge in [-0.15, -0.1) is 18.3 Å². The van der Waals surface area contributed by atoms with E-state index in [9.17, 15) is 18.0 Å². The number of aryl methyl sites for hydroxylation is 2. The standard InChI is InChI=1S/C31H30F3N7O2S2/c1-4-20-8-6-7-19(3)27(20)41-26(42)17-45-30(41)36-29(44)38-37-25(5-2)21-9-11-22(12-10-21)28-35-18-40(39-28)23-13-15-24(16-14-23)43-31(32,33)34/h6-16,18,25,37H,4-5,17H2,1-3H3,(H,38,44). The summed E-state index contributed by atoms with van der Waals surface area (Å²) in [5, 5.41) is 5.21. The van der Waals surface area contributed by atoms with Crippen molar-refractivity contribution in [2.75, 3.05) is 10.7 Å². The molecule has 1 aliphatic heterocycles. The van der Waals surface area contributed by atoms with Crippen LogP contribution in [0, 0.1) is 6.92 Å². The average molecular weight is 654 g/mol. The molecule has 0 bridgehead atoms. The summed E-state index contributed by atoms with van der Waals surface area (Å²) in [7, 11) is 0. The first kappa shape index (κ1) is 32.1. The number of ether oxygens (including phenoxy) is 1. The number of thioether (sulfide) groups is 1. The number of aliphatic imine (C=N–C) groups is 1. The third-order valence-electron chi connectivity index (χ3n) is 7.05. The third kappa shape index (κ3) is 7.70. The van der Waals surface area contributed by atoms with E-state index in [2.05, 4.69) is 37.6 Å². The molecule has 0 spiro atoms. The number of benzene rings is 3. The molecule has 0 saturated carbocycles. The first-order valence-corrected chi connectivity index (χ1v) is 15.5. The molecule has 1 aromatic heterocycles. The number of hydrazine groups is 1. The second-order valence-electron chi connectivity index (χ2n) is 10.1. The van der Waals surface area contributed by atoms with E-state index < -0.39 is 6.36 Å². The molecule has 1 atom stereocenters. The van der Waals surface area contributed by atoms with Gasteiger partial charge in [-0.05, 0) is 72.9 Å². The number of hydrogen-bond acceptors (Lipinski definition) is 7. The Balaban J connectivity index is 1.23. The topological polar surface area (TPSA) is 96.7 Å². The number of aromatic nitrogens is 3. The molecule has 3 aromatic carbocycles. The fraction of sp³-hybridized carbons (Fsp3) is 0.258. The summed E-state index contributed by atoms with van der Waals surface area (Å²) in [5.74, 6) is 0.414. The lowest BCUT2D eigenvalue weighted by Crippen LogP contribution is -2.39. The van der Waals surface area contributed by atoms with E-state index in [1.54, 1.807) is 4.90 Å². The van der Waals surface area contributed by atoms with Crippen molar-refractivity contribution in [1.29, 1.82) is 0 Å². The third-order valence-corrected chi connectivity index (χ3v) is 8.16. The molecule has 0 radical (unpaired) electrons. The van der Waals surface area contributed by atoms with Crippen LogP contribution in [0.1, 0.15) is 43.0 Å². The number of nitrogens with one attached hydrogen (secondary N) is 2. The van der Waals surface area contributed by atoms with Crippen molar-refractivity contribution in [2.24, 2.45) is 4.99 Å². The average Bonchev–Trinajstić information content (AvgIpc) is 3.64. The first-order valence-electron chi connectivity index (χ1n) is 14.1. The fourth-order valence-electron chi connectivity index (χ4n) is 4.86. The molecule has 234 valence electrons. The Labute approximate surface area is 267 Å². The van der Waals surface area contributed by atoms with E-state index in [-0.39, 0.29) is 22.8 Å². The molecule has 1 fully saturated rings. The van der Waals surface area contributed by atoms with Gasteiger partial charge in [0.2, 0.25) is 11.0 Å². The van der Waals surface area contributed by atoms with Crippen LogP contribution in [0.3, 0.4) is 0 Å². The minimum absolute atomic E-state index is 0.0298. The second-order valence-corrected chi connectivity index (χ2v) is 11.4. The lowest BCUT2D eigenvalue weighted by molar-refractivity contribution is -0.274. The zero-order valence-electron chi connectivity index (χ0n) is 24.6. The number of amidine groups is 1. The van der Waals surface area contributed by atoms with Crippen molar-refractivity contribution in [3.05, 3.63) is 89.7 Å². The molecule has 0 aliphatic carbocycles. The normalized spacial score (nSPS) is 15.0. The number of anilines is 1. The summed E-state index contributed by atoms with van der Waals surface area (Å²) >= 11 is 6.87. The van der Waals surface area contributed by atoms with Crippen molar-refractivity contribution < 1.29 is 22.7 Å². The highest BCUT2D eigenvalue weighted by molar-refractivity contribution is 8.15. The van der Waals surface area contributed by atoms with Crippen LogP contribution < -0.4 is 20.5 Å². The molecule has 5 rings (SSSR count). The summed E-state index contributed by atoms with van der Waals surface area (Å²) in [5.41, 5.74) is 11.5. The number of amides is 1. The minimum Gasteiger partial charge on any atom is -0.406 e. The maximum absolute atomic E-state index is 12.8. The van der Waals surface area contributed by atoms with Crippen LogP contribution in [-0.4, -0.2) is 43.1 Å². The van der Waals surface area contributed by atoms with Crippen molar-refractivity contribution in [3.8, 4) is 22.8 Å². The van der Waals surface area contributed by atoms with Gasteiger partial charge in [0.15, 0.2) is 11.0 Å². The number of hydrogen-bond donors (Lipinski definition) is 2. The fourth-order valence-corrected chi connectivity index (χ4v) is 5.92. The molecule has 45 heavy (non-hydrogen) atoms. The highest BCUT2D eigenvalue weighted by atomic mass is 32.2. The first-order chi connectivity index (χ1) is 21.6. The Kier molecular flexibility index (Phi) is 9.85. The van der Waals surface area contributed by atoms with Gasteiger partial charge in [-0.1, -0.05) is 68.1 Å². The van der Waals surface area contributed by atoms with Crippen LogP contribution in [0.25, 0.3) is 17.1 Å². The van der Waals surface area contributed by atoms with Crippen LogP contribution in [0.5, 0.6) is 5.75 Å². The van der Waals surface area contributed by atoms with Gasteiger partial charge in [-0.2, -0.15) is 4.99 Å². The molecule has 1 aliphatic rings. The van der Waals surface area contributed by atoms with E-state index in [0.29, 0.717) is 22.4 Å². The Morgan fingerprint density at radius 1 is 1.11 bits per heavy atom. The predicted molar refractivity (Wildman–Crippen MR) is 173 cm³/mol. The van der Waals surface area contributed by atoms with E-state index in [0.717, 1.165) is 40.8 Å². The lowest BCUT2D eigenvalue weighted by Gasteiger charge is -2.22. The molecule has 9 nitrogen and oxygen atoms in total. The summed E-state index contributed by atoms with van der Waals surface area (Å²) in [6.45, 7) is 6.08. The Morgan fingerprint density at radius 2 is 1.84 bits per heavy atom. The van der Waals surface area contributed by atoms with Crippen molar-refractivity contribution >= 4 is 45.9 Å². The number of halogens is 3. The van der Waals surface area contributed by atoms with E-state index in [1.807, 2.05) is 56.3 Å². The van der Waals surface area contributed by atoms with Crippen LogP contribution in [0.4, 0.5) is 18.9 Å². The largest absolute Gasteiger partial charge is 0.573 e. The van der Waals surface area contributed by atoms with Gasteiger partial charge in [0.25, 0.3) is 0 Å². The number of rotatable bonds is 9. The second kappa shape index (κ2) is 13.8. The van der Waals surface area contributed by atoms with Gasteiger partial charge in [-0.25, -0.2) is 15.1 Å². The molecule has 2 N–H and O–H groups in total. The summed E-state index contributed by atoms with van der Waals surface area (Å²) in [6.07, 6.45) is -1.73. The van der Waals surface area contributed by atoms with Crippen LogP contribution in [0.15, 0.2) is 78.0 Å². The molecular weight excluding hydrogens is 624 g/mol. The van der Waals surface area contributed by atoms with Crippen LogP contribution in [-0.2, 0) is 11.2 Å². The number of alkyl halides is 3. The van der Waals surface area contributed by atoms with Gasteiger partial charge in [0.05, 0.1) is 23.2 Å². The molecule has 2 heterocycles. The van der Waals surface area contributed by atoms with Crippen molar-refractivity contribution in [2.45, 2.75) is 46.0 Å². The molecule has 14 heteroatoms. The van der Waals surface area contributed by atoms with Crippen LogP contribution in [0.2, 0.25) is 0 Å². The smallest absolute Gasteiger partial charge is 0.406 e. The van der Waals surface area contributed by atoms with Crippen molar-refractivity contribution in [3.63, 3.8) is 0 Å². The highest BCUT2D eigenvalue weighted by Gasteiger charge is 2.33. The summed E-state index contributed by atoms with van der Waals surface area (Å²) < 4.78 is 42.7. The highest BCUT2D eigenvalue weighted by Crippen LogP contribution is 2.33.